The summed E-state index contributed by atoms with van der Waals surface area (Å²) in [5.74, 6) is 1.53. The molecule has 1 aromatic carbocycles. The minimum atomic E-state index is -0.0301. The molecule has 1 aromatic rings. The maximum atomic E-state index is 12.2. The number of rotatable bonds is 6. The van der Waals surface area contributed by atoms with Gasteiger partial charge in [-0.1, -0.05) is 6.92 Å². The predicted molar refractivity (Wildman–Crippen MR) is 86.3 cm³/mol. The Morgan fingerprint density at radius 1 is 1.18 bits per heavy atom. The predicted octanol–water partition coefficient (Wildman–Crippen LogP) is 3.40. The Balaban J connectivity index is 1.76. The first-order chi connectivity index (χ1) is 10.7. The molecule has 22 heavy (non-hydrogen) atoms. The number of urea groups is 1. The highest BCUT2D eigenvalue weighted by molar-refractivity contribution is 5.74. The van der Waals surface area contributed by atoms with Crippen molar-refractivity contribution >= 4 is 6.03 Å². The molecule has 2 rings (SSSR count). The van der Waals surface area contributed by atoms with Gasteiger partial charge in [0.05, 0.1) is 6.61 Å². The van der Waals surface area contributed by atoms with Crippen LogP contribution in [0.5, 0.6) is 11.5 Å². The number of carbonyl (C=O) groups is 1. The first-order valence-corrected chi connectivity index (χ1v) is 8.14. The zero-order valence-corrected chi connectivity index (χ0v) is 13.5. The standard InChI is InChI=1S/C17H26N2O3/c1-3-14-7-5-6-12-19(14)17(20)18-13-22-16-10-8-15(9-11-16)21-4-2/h8-11,14H,3-7,12-13H2,1-2H3,(H,18,20). The van der Waals surface area contributed by atoms with Crippen molar-refractivity contribution in [2.75, 3.05) is 19.9 Å². The van der Waals surface area contributed by atoms with Crippen LogP contribution in [0.25, 0.3) is 0 Å². The molecule has 1 unspecified atom stereocenters. The number of nitrogens with one attached hydrogen (secondary N) is 1. The van der Waals surface area contributed by atoms with E-state index in [0.29, 0.717) is 12.6 Å². The lowest BCUT2D eigenvalue weighted by molar-refractivity contribution is 0.141. The number of hydrogen-bond donors (Lipinski definition) is 1. The number of piperidine rings is 1. The number of ether oxygens (including phenoxy) is 2. The van der Waals surface area contributed by atoms with Crippen molar-refractivity contribution in [2.24, 2.45) is 0 Å². The molecule has 0 saturated carbocycles. The van der Waals surface area contributed by atoms with E-state index in [2.05, 4.69) is 12.2 Å². The molecule has 2 amide bonds. The summed E-state index contributed by atoms with van der Waals surface area (Å²) in [5.41, 5.74) is 0. The normalized spacial score (nSPS) is 17.9. The Hall–Kier alpha value is -1.91. The third-order valence-electron chi connectivity index (χ3n) is 3.96. The van der Waals surface area contributed by atoms with Crippen molar-refractivity contribution in [2.45, 2.75) is 45.6 Å². The highest BCUT2D eigenvalue weighted by atomic mass is 16.5. The lowest BCUT2D eigenvalue weighted by Gasteiger charge is -2.35. The highest BCUT2D eigenvalue weighted by Crippen LogP contribution is 2.20. The molecule has 1 fully saturated rings. The minimum absolute atomic E-state index is 0.0301. The lowest BCUT2D eigenvalue weighted by Crippen LogP contribution is -2.49. The van der Waals surface area contributed by atoms with E-state index in [9.17, 15) is 4.79 Å². The third kappa shape index (κ3) is 4.55. The fourth-order valence-corrected chi connectivity index (χ4v) is 2.77. The van der Waals surface area contributed by atoms with Crippen LogP contribution in [-0.4, -0.2) is 36.9 Å². The average molecular weight is 306 g/mol. The summed E-state index contributed by atoms with van der Waals surface area (Å²) in [6, 6.07) is 7.73. The molecule has 1 N–H and O–H groups in total. The summed E-state index contributed by atoms with van der Waals surface area (Å²) in [7, 11) is 0. The monoisotopic (exact) mass is 306 g/mol. The summed E-state index contributed by atoms with van der Waals surface area (Å²) < 4.78 is 10.9. The summed E-state index contributed by atoms with van der Waals surface area (Å²) in [6.45, 7) is 5.74. The number of hydrogen-bond acceptors (Lipinski definition) is 3. The van der Waals surface area contributed by atoms with Gasteiger partial charge < -0.3 is 19.7 Å². The molecule has 5 nitrogen and oxygen atoms in total. The molecular formula is C17H26N2O3. The van der Waals surface area contributed by atoms with Gasteiger partial charge in [-0.3, -0.25) is 0 Å². The SMILES string of the molecule is CCOc1ccc(OCNC(=O)N2CCCCC2CC)cc1. The summed E-state index contributed by atoms with van der Waals surface area (Å²) in [4.78, 5) is 14.1. The van der Waals surface area contributed by atoms with Crippen molar-refractivity contribution in [3.05, 3.63) is 24.3 Å². The van der Waals surface area contributed by atoms with E-state index in [1.165, 1.54) is 6.42 Å². The average Bonchev–Trinajstić information content (AvgIpc) is 2.56. The van der Waals surface area contributed by atoms with Crippen molar-refractivity contribution < 1.29 is 14.3 Å². The van der Waals surface area contributed by atoms with E-state index >= 15 is 0 Å². The first kappa shape index (κ1) is 16.5. The largest absolute Gasteiger partial charge is 0.494 e. The second kappa shape index (κ2) is 8.51. The third-order valence-corrected chi connectivity index (χ3v) is 3.96. The van der Waals surface area contributed by atoms with Crippen LogP contribution in [0.3, 0.4) is 0 Å². The molecule has 122 valence electrons. The van der Waals surface area contributed by atoms with Crippen molar-refractivity contribution in [1.29, 1.82) is 0 Å². The van der Waals surface area contributed by atoms with E-state index in [1.54, 1.807) is 0 Å². The van der Waals surface area contributed by atoms with Gasteiger partial charge in [0, 0.05) is 12.6 Å². The smallest absolute Gasteiger partial charge is 0.320 e. The summed E-state index contributed by atoms with van der Waals surface area (Å²) >= 11 is 0. The van der Waals surface area contributed by atoms with Crippen molar-refractivity contribution in [1.82, 2.24) is 10.2 Å². The number of benzene rings is 1. The Kier molecular flexibility index (Phi) is 6.37. The fourth-order valence-electron chi connectivity index (χ4n) is 2.77. The number of nitrogens with zero attached hydrogens (tertiary/aromatic N) is 1. The maximum absolute atomic E-state index is 12.2. The first-order valence-electron chi connectivity index (χ1n) is 8.14. The zero-order valence-electron chi connectivity index (χ0n) is 13.5. The van der Waals surface area contributed by atoms with Gasteiger partial charge in [0.1, 0.15) is 11.5 Å². The maximum Gasteiger partial charge on any atom is 0.320 e. The van der Waals surface area contributed by atoms with Gasteiger partial charge in [0.15, 0.2) is 6.73 Å². The van der Waals surface area contributed by atoms with E-state index in [1.807, 2.05) is 36.1 Å². The Bertz CT molecular complexity index is 461. The van der Waals surface area contributed by atoms with Crippen LogP contribution in [-0.2, 0) is 0 Å². The molecule has 0 aromatic heterocycles. The lowest BCUT2D eigenvalue weighted by atomic mass is 10.0. The minimum Gasteiger partial charge on any atom is -0.494 e. The van der Waals surface area contributed by atoms with E-state index in [-0.39, 0.29) is 12.8 Å². The van der Waals surface area contributed by atoms with E-state index in [4.69, 9.17) is 9.47 Å². The Morgan fingerprint density at radius 2 is 1.86 bits per heavy atom. The molecule has 0 aliphatic carbocycles. The van der Waals surface area contributed by atoms with Crippen LogP contribution in [0.2, 0.25) is 0 Å². The Morgan fingerprint density at radius 3 is 2.50 bits per heavy atom. The molecule has 0 radical (unpaired) electrons. The van der Waals surface area contributed by atoms with Crippen LogP contribution in [0.15, 0.2) is 24.3 Å². The number of carbonyl (C=O) groups excluding carboxylic acids is 1. The fraction of sp³-hybridized carbons (Fsp3) is 0.588. The van der Waals surface area contributed by atoms with Crippen LogP contribution in [0.4, 0.5) is 4.79 Å². The van der Waals surface area contributed by atoms with Gasteiger partial charge in [-0.2, -0.15) is 0 Å². The highest BCUT2D eigenvalue weighted by Gasteiger charge is 2.24. The van der Waals surface area contributed by atoms with Gasteiger partial charge in [-0.15, -0.1) is 0 Å². The molecule has 1 atom stereocenters. The number of amides is 2. The number of likely N-dealkylation sites (tertiary alicyclic amines) is 1. The molecule has 1 aliphatic heterocycles. The Labute approximate surface area is 132 Å². The van der Waals surface area contributed by atoms with Gasteiger partial charge in [-0.25, -0.2) is 4.79 Å². The van der Waals surface area contributed by atoms with E-state index in [0.717, 1.165) is 37.3 Å². The van der Waals surface area contributed by atoms with Crippen molar-refractivity contribution in [3.63, 3.8) is 0 Å². The van der Waals surface area contributed by atoms with Crippen LogP contribution in [0.1, 0.15) is 39.5 Å². The zero-order chi connectivity index (χ0) is 15.8. The second-order valence-electron chi connectivity index (χ2n) is 5.43. The molecule has 1 heterocycles. The van der Waals surface area contributed by atoms with E-state index < -0.39 is 0 Å². The molecule has 0 spiro atoms. The van der Waals surface area contributed by atoms with Gasteiger partial charge in [0.25, 0.3) is 0 Å². The molecular weight excluding hydrogens is 280 g/mol. The van der Waals surface area contributed by atoms with Gasteiger partial charge >= 0.3 is 6.03 Å². The van der Waals surface area contributed by atoms with Crippen LogP contribution >= 0.6 is 0 Å². The second-order valence-corrected chi connectivity index (χ2v) is 5.43. The summed E-state index contributed by atoms with van der Waals surface area (Å²) in [6.07, 6.45) is 4.41. The summed E-state index contributed by atoms with van der Waals surface area (Å²) in [5, 5.41) is 2.84. The van der Waals surface area contributed by atoms with Crippen molar-refractivity contribution in [3.8, 4) is 11.5 Å². The van der Waals surface area contributed by atoms with Crippen LogP contribution in [0, 0.1) is 0 Å². The van der Waals surface area contributed by atoms with Crippen LogP contribution < -0.4 is 14.8 Å². The van der Waals surface area contributed by atoms with Gasteiger partial charge in [-0.05, 0) is 56.9 Å². The quantitative estimate of drug-likeness (QED) is 0.820. The topological polar surface area (TPSA) is 50.8 Å². The molecule has 0 bridgehead atoms. The molecule has 1 saturated heterocycles. The van der Waals surface area contributed by atoms with Gasteiger partial charge in [0.2, 0.25) is 0 Å². The molecule has 1 aliphatic rings. The molecule has 5 heteroatoms.